The summed E-state index contributed by atoms with van der Waals surface area (Å²) in [5, 5.41) is 3.09. The van der Waals surface area contributed by atoms with E-state index < -0.39 is 5.97 Å². The molecule has 82 valence electrons. The van der Waals surface area contributed by atoms with Crippen molar-refractivity contribution in [1.82, 2.24) is 4.98 Å². The molecule has 1 rings (SSSR count). The number of hydrogen-bond donors (Lipinski definition) is 2. The molecule has 0 fully saturated rings. The molecule has 0 bridgehead atoms. The zero-order valence-electron chi connectivity index (χ0n) is 8.86. The third kappa shape index (κ3) is 3.55. The van der Waals surface area contributed by atoms with E-state index >= 15 is 0 Å². The minimum Gasteiger partial charge on any atom is -0.464 e. The second-order valence-electron chi connectivity index (χ2n) is 3.28. The fourth-order valence-electron chi connectivity index (χ4n) is 1.04. The maximum Gasteiger partial charge on any atom is 0.356 e. The minimum atomic E-state index is -0.445. The Morgan fingerprint density at radius 2 is 2.47 bits per heavy atom. The number of hydrogen-bond acceptors (Lipinski definition) is 5. The summed E-state index contributed by atoms with van der Waals surface area (Å²) in [6, 6.07) is 3.46. The van der Waals surface area contributed by atoms with Crippen LogP contribution < -0.4 is 11.1 Å². The molecule has 15 heavy (non-hydrogen) atoms. The Bertz CT molecular complexity index is 339. The lowest BCUT2D eigenvalue weighted by molar-refractivity contribution is 0.0594. The van der Waals surface area contributed by atoms with Gasteiger partial charge in [-0.1, -0.05) is 0 Å². The zero-order chi connectivity index (χ0) is 11.3. The molecule has 0 saturated carbocycles. The lowest BCUT2D eigenvalue weighted by atomic mass is 10.3. The van der Waals surface area contributed by atoms with Gasteiger partial charge >= 0.3 is 5.97 Å². The fraction of sp³-hybridized carbons (Fsp3) is 0.400. The third-order valence-corrected chi connectivity index (χ3v) is 1.78. The first-order valence-corrected chi connectivity index (χ1v) is 4.67. The Balaban J connectivity index is 2.70. The van der Waals surface area contributed by atoms with E-state index in [4.69, 9.17) is 5.73 Å². The van der Waals surface area contributed by atoms with Gasteiger partial charge in [0.15, 0.2) is 0 Å². The first-order valence-electron chi connectivity index (χ1n) is 4.67. The number of esters is 1. The van der Waals surface area contributed by atoms with Crippen molar-refractivity contribution in [2.24, 2.45) is 5.73 Å². The molecule has 0 aliphatic carbocycles. The molecule has 0 aliphatic heterocycles. The Labute approximate surface area is 88.6 Å². The van der Waals surface area contributed by atoms with E-state index in [-0.39, 0.29) is 11.7 Å². The summed E-state index contributed by atoms with van der Waals surface area (Å²) in [6.45, 7) is 2.54. The lowest BCUT2D eigenvalue weighted by Crippen LogP contribution is -2.25. The van der Waals surface area contributed by atoms with Gasteiger partial charge in [0.05, 0.1) is 7.11 Å². The van der Waals surface area contributed by atoms with Crippen molar-refractivity contribution in [3.8, 4) is 0 Å². The summed E-state index contributed by atoms with van der Waals surface area (Å²) in [6.07, 6.45) is 1.55. The number of nitrogens with one attached hydrogen (secondary N) is 1. The van der Waals surface area contributed by atoms with Crippen molar-refractivity contribution in [3.05, 3.63) is 24.0 Å². The van der Waals surface area contributed by atoms with Crippen LogP contribution in [0.1, 0.15) is 17.4 Å². The lowest BCUT2D eigenvalue weighted by Gasteiger charge is -2.09. The quantitative estimate of drug-likeness (QED) is 0.711. The maximum atomic E-state index is 11.2. The molecule has 0 amide bonds. The van der Waals surface area contributed by atoms with E-state index in [0.29, 0.717) is 6.54 Å². The van der Waals surface area contributed by atoms with E-state index in [1.165, 1.54) is 7.11 Å². The SMILES string of the molecule is COC(=O)c1cc(NCC(C)N)ccn1. The van der Waals surface area contributed by atoms with Crippen molar-refractivity contribution >= 4 is 11.7 Å². The van der Waals surface area contributed by atoms with Gasteiger partial charge in [0, 0.05) is 24.5 Å². The molecule has 5 nitrogen and oxygen atoms in total. The monoisotopic (exact) mass is 209 g/mol. The maximum absolute atomic E-state index is 11.2. The van der Waals surface area contributed by atoms with Gasteiger partial charge in [-0.25, -0.2) is 9.78 Å². The van der Waals surface area contributed by atoms with E-state index in [1.807, 2.05) is 6.92 Å². The average molecular weight is 209 g/mol. The molecule has 0 aromatic carbocycles. The normalized spacial score (nSPS) is 11.9. The summed E-state index contributed by atoms with van der Waals surface area (Å²) in [5.74, 6) is -0.445. The smallest absolute Gasteiger partial charge is 0.356 e. The second-order valence-corrected chi connectivity index (χ2v) is 3.28. The van der Waals surface area contributed by atoms with Crippen molar-refractivity contribution in [2.75, 3.05) is 19.0 Å². The van der Waals surface area contributed by atoms with Crippen LogP contribution in [-0.4, -0.2) is 30.6 Å². The Kier molecular flexibility index (Phi) is 4.05. The highest BCUT2D eigenvalue weighted by atomic mass is 16.5. The van der Waals surface area contributed by atoms with Crippen LogP contribution in [0, 0.1) is 0 Å². The van der Waals surface area contributed by atoms with Gasteiger partial charge in [0.2, 0.25) is 0 Å². The molecule has 0 spiro atoms. The Morgan fingerprint density at radius 1 is 1.73 bits per heavy atom. The van der Waals surface area contributed by atoms with Crippen LogP contribution in [0.3, 0.4) is 0 Å². The van der Waals surface area contributed by atoms with E-state index in [0.717, 1.165) is 5.69 Å². The molecule has 1 atom stereocenters. The zero-order valence-corrected chi connectivity index (χ0v) is 8.86. The number of nitrogens with zero attached hydrogens (tertiary/aromatic N) is 1. The number of carbonyl (C=O) groups excluding carboxylic acids is 1. The summed E-state index contributed by atoms with van der Waals surface area (Å²) in [5.41, 5.74) is 6.69. The summed E-state index contributed by atoms with van der Waals surface area (Å²) >= 11 is 0. The number of aromatic nitrogens is 1. The Morgan fingerprint density at radius 3 is 3.07 bits per heavy atom. The number of anilines is 1. The van der Waals surface area contributed by atoms with Gasteiger partial charge < -0.3 is 15.8 Å². The van der Waals surface area contributed by atoms with Crippen LogP contribution in [0.2, 0.25) is 0 Å². The molecule has 3 N–H and O–H groups in total. The number of rotatable bonds is 4. The van der Waals surface area contributed by atoms with Crippen LogP contribution in [0.5, 0.6) is 0 Å². The Hall–Kier alpha value is -1.62. The number of ether oxygens (including phenoxy) is 1. The molecule has 5 heteroatoms. The van der Waals surface area contributed by atoms with E-state index in [1.54, 1.807) is 18.3 Å². The third-order valence-electron chi connectivity index (χ3n) is 1.78. The van der Waals surface area contributed by atoms with E-state index in [2.05, 4.69) is 15.0 Å². The van der Waals surface area contributed by atoms with Gasteiger partial charge in [0.1, 0.15) is 5.69 Å². The number of methoxy groups -OCH3 is 1. The molecule has 0 saturated heterocycles. The molecule has 0 aliphatic rings. The van der Waals surface area contributed by atoms with Crippen molar-refractivity contribution in [3.63, 3.8) is 0 Å². The van der Waals surface area contributed by atoms with Crippen molar-refractivity contribution in [1.29, 1.82) is 0 Å². The van der Waals surface area contributed by atoms with Crippen molar-refractivity contribution in [2.45, 2.75) is 13.0 Å². The van der Waals surface area contributed by atoms with Gasteiger partial charge in [0.25, 0.3) is 0 Å². The second kappa shape index (κ2) is 5.31. The van der Waals surface area contributed by atoms with E-state index in [9.17, 15) is 4.79 Å². The highest BCUT2D eigenvalue weighted by Gasteiger charge is 2.07. The molecule has 0 radical (unpaired) electrons. The first-order chi connectivity index (χ1) is 7.13. The molecular formula is C10H15N3O2. The van der Waals surface area contributed by atoms with Crippen LogP contribution in [-0.2, 0) is 4.74 Å². The summed E-state index contributed by atoms with van der Waals surface area (Å²) in [7, 11) is 1.33. The largest absolute Gasteiger partial charge is 0.464 e. The highest BCUT2D eigenvalue weighted by Crippen LogP contribution is 2.08. The number of carbonyl (C=O) groups is 1. The first kappa shape index (κ1) is 11.5. The molecule has 1 heterocycles. The predicted octanol–water partition coefficient (Wildman–Crippen LogP) is 0.627. The topological polar surface area (TPSA) is 77.2 Å². The summed E-state index contributed by atoms with van der Waals surface area (Å²) < 4.78 is 4.56. The van der Waals surface area contributed by atoms with Gasteiger partial charge in [-0.05, 0) is 19.1 Å². The molecular weight excluding hydrogens is 194 g/mol. The molecule has 1 unspecified atom stereocenters. The minimum absolute atomic E-state index is 0.0553. The highest BCUT2D eigenvalue weighted by molar-refractivity contribution is 5.88. The average Bonchev–Trinajstić information content (AvgIpc) is 2.25. The fourth-order valence-corrected chi connectivity index (χ4v) is 1.04. The van der Waals surface area contributed by atoms with Crippen LogP contribution in [0.15, 0.2) is 18.3 Å². The predicted molar refractivity (Wildman–Crippen MR) is 57.7 cm³/mol. The standard InChI is InChI=1S/C10H15N3O2/c1-7(11)6-13-8-3-4-12-9(5-8)10(14)15-2/h3-5,7H,6,11H2,1-2H3,(H,12,13). The number of pyridine rings is 1. The summed E-state index contributed by atoms with van der Waals surface area (Å²) in [4.78, 5) is 15.1. The van der Waals surface area contributed by atoms with Crippen LogP contribution in [0.25, 0.3) is 0 Å². The van der Waals surface area contributed by atoms with Crippen LogP contribution in [0.4, 0.5) is 5.69 Å². The molecule has 1 aromatic heterocycles. The number of nitrogens with two attached hydrogens (primary N) is 1. The van der Waals surface area contributed by atoms with Crippen molar-refractivity contribution < 1.29 is 9.53 Å². The van der Waals surface area contributed by atoms with Crippen LogP contribution >= 0.6 is 0 Å². The van der Waals surface area contributed by atoms with Gasteiger partial charge in [-0.15, -0.1) is 0 Å². The van der Waals surface area contributed by atoms with Gasteiger partial charge in [-0.3, -0.25) is 0 Å². The van der Waals surface area contributed by atoms with Gasteiger partial charge in [-0.2, -0.15) is 0 Å². The molecule has 1 aromatic rings.